The summed E-state index contributed by atoms with van der Waals surface area (Å²) in [6.07, 6.45) is 0. The minimum atomic E-state index is -0.0733. The van der Waals surface area contributed by atoms with Gasteiger partial charge in [0.2, 0.25) is 5.95 Å². The van der Waals surface area contributed by atoms with Gasteiger partial charge in [-0.15, -0.1) is 0 Å². The van der Waals surface area contributed by atoms with Crippen LogP contribution in [0, 0.1) is 0 Å². The highest BCUT2D eigenvalue weighted by molar-refractivity contribution is 6.33. The van der Waals surface area contributed by atoms with Gasteiger partial charge >= 0.3 is 0 Å². The molecule has 0 saturated heterocycles. The minimum Gasteiger partial charge on any atom is -0.277 e. The monoisotopic (exact) mass is 739 g/mol. The van der Waals surface area contributed by atoms with Crippen LogP contribution in [0.15, 0.2) is 188 Å². The summed E-state index contributed by atoms with van der Waals surface area (Å²) in [5.74, 6) is 0.654. The maximum Gasteiger partial charge on any atom is 0.235 e. The molecule has 1 aliphatic carbocycles. The highest BCUT2D eigenvalue weighted by atomic mass is 15.2. The summed E-state index contributed by atoms with van der Waals surface area (Å²) in [6.45, 7) is 4.70. The zero-order chi connectivity index (χ0) is 38.5. The highest BCUT2D eigenvalue weighted by Crippen LogP contribution is 2.52. The summed E-state index contributed by atoms with van der Waals surface area (Å²) in [7, 11) is 0. The van der Waals surface area contributed by atoms with Gasteiger partial charge in [-0.25, -0.2) is 9.97 Å². The number of benzene rings is 9. The van der Waals surface area contributed by atoms with Gasteiger partial charge in [0.25, 0.3) is 0 Å². The van der Waals surface area contributed by atoms with Gasteiger partial charge in [0, 0.05) is 38.1 Å². The first-order valence-corrected chi connectivity index (χ1v) is 20.1. The smallest absolute Gasteiger partial charge is 0.235 e. The first-order chi connectivity index (χ1) is 28.6. The molecule has 3 heteroatoms. The molecule has 272 valence electrons. The molecular weight excluding hydrogens is 703 g/mol. The Balaban J connectivity index is 1.20. The fraction of sp³-hybridized carbons (Fsp3) is 0.0545. The van der Waals surface area contributed by atoms with Crippen molar-refractivity contribution >= 4 is 54.3 Å². The summed E-state index contributed by atoms with van der Waals surface area (Å²) in [5.41, 5.74) is 15.2. The summed E-state index contributed by atoms with van der Waals surface area (Å²) in [5, 5.41) is 8.25. The van der Waals surface area contributed by atoms with Crippen molar-refractivity contribution in [3.8, 4) is 50.6 Å². The van der Waals surface area contributed by atoms with Crippen molar-refractivity contribution in [2.75, 3.05) is 0 Å². The third-order valence-corrected chi connectivity index (χ3v) is 12.6. The van der Waals surface area contributed by atoms with Crippen molar-refractivity contribution in [3.63, 3.8) is 0 Å². The third-order valence-electron chi connectivity index (χ3n) is 12.6. The Morgan fingerprint density at radius 1 is 0.397 bits per heavy atom. The highest BCUT2D eigenvalue weighted by Gasteiger charge is 2.36. The number of para-hydroxylation sites is 2. The van der Waals surface area contributed by atoms with Crippen LogP contribution in [-0.2, 0) is 5.41 Å². The Labute approximate surface area is 336 Å². The van der Waals surface area contributed by atoms with E-state index in [1.54, 1.807) is 0 Å². The van der Waals surface area contributed by atoms with E-state index in [2.05, 4.69) is 206 Å². The average Bonchev–Trinajstić information content (AvgIpc) is 3.76. The Morgan fingerprint density at radius 3 is 1.78 bits per heavy atom. The van der Waals surface area contributed by atoms with Gasteiger partial charge < -0.3 is 0 Å². The van der Waals surface area contributed by atoms with Crippen LogP contribution in [0.2, 0.25) is 0 Å². The molecular formula is C55H37N3. The van der Waals surface area contributed by atoms with E-state index in [0.29, 0.717) is 5.95 Å². The summed E-state index contributed by atoms with van der Waals surface area (Å²) < 4.78 is 2.36. The molecule has 0 saturated carbocycles. The van der Waals surface area contributed by atoms with Crippen molar-refractivity contribution in [1.82, 2.24) is 14.5 Å². The van der Waals surface area contributed by atoms with Crippen molar-refractivity contribution in [3.05, 3.63) is 199 Å². The van der Waals surface area contributed by atoms with E-state index in [4.69, 9.17) is 9.97 Å². The molecule has 0 atom stereocenters. The lowest BCUT2D eigenvalue weighted by Gasteiger charge is -2.21. The molecule has 58 heavy (non-hydrogen) atoms. The Kier molecular flexibility index (Phi) is 6.98. The summed E-state index contributed by atoms with van der Waals surface area (Å²) >= 11 is 0. The summed E-state index contributed by atoms with van der Waals surface area (Å²) in [6, 6.07) is 68.2. The number of hydrogen-bond acceptors (Lipinski definition) is 2. The van der Waals surface area contributed by atoms with E-state index in [1.165, 1.54) is 65.7 Å². The normalized spacial score (nSPS) is 13.1. The molecule has 0 unspecified atom stereocenters. The second kappa shape index (κ2) is 12.3. The lowest BCUT2D eigenvalue weighted by Crippen LogP contribution is -2.14. The van der Waals surface area contributed by atoms with Crippen molar-refractivity contribution < 1.29 is 0 Å². The average molecular weight is 740 g/mol. The van der Waals surface area contributed by atoms with Gasteiger partial charge in [0.1, 0.15) is 0 Å². The van der Waals surface area contributed by atoms with Crippen molar-refractivity contribution in [2.45, 2.75) is 19.3 Å². The van der Waals surface area contributed by atoms with Gasteiger partial charge in [-0.05, 0) is 67.2 Å². The number of rotatable bonds is 4. The molecule has 0 aliphatic heterocycles. The molecule has 0 radical (unpaired) electrons. The lowest BCUT2D eigenvalue weighted by molar-refractivity contribution is 0.660. The first kappa shape index (κ1) is 32.8. The third kappa shape index (κ3) is 4.62. The molecule has 1 aliphatic rings. The standard InChI is InChI=1S/C55H37N3/c1-55(2)46-30-12-10-25-43(46)49-37(27-16-31-47(49)55)35-19-14-20-36(33-35)38-28-15-29-45-50-41-23-8-6-21-39(41)40-22-7-9-24-42(40)53(50)58(52(38)45)54-56-48-32-13-11-26-44(48)51(57-54)34-17-4-3-5-18-34/h3-33H,1-2H3. The Bertz CT molecular complexity index is 3480. The van der Waals surface area contributed by atoms with Crippen LogP contribution in [-0.4, -0.2) is 14.5 Å². The van der Waals surface area contributed by atoms with Gasteiger partial charge in [0.15, 0.2) is 0 Å². The minimum absolute atomic E-state index is 0.0733. The molecule has 3 nitrogen and oxygen atoms in total. The van der Waals surface area contributed by atoms with E-state index in [1.807, 2.05) is 0 Å². The quantitative estimate of drug-likeness (QED) is 0.168. The van der Waals surface area contributed by atoms with Crippen LogP contribution in [0.5, 0.6) is 0 Å². The number of fused-ring (bicyclic) bond motifs is 12. The van der Waals surface area contributed by atoms with Crippen LogP contribution in [0.4, 0.5) is 0 Å². The van der Waals surface area contributed by atoms with Crippen LogP contribution < -0.4 is 0 Å². The Morgan fingerprint density at radius 2 is 0.948 bits per heavy atom. The maximum atomic E-state index is 5.53. The van der Waals surface area contributed by atoms with Crippen LogP contribution in [0.25, 0.3) is 105 Å². The van der Waals surface area contributed by atoms with Crippen LogP contribution in [0.1, 0.15) is 25.0 Å². The molecule has 2 aromatic heterocycles. The first-order valence-electron chi connectivity index (χ1n) is 20.1. The van der Waals surface area contributed by atoms with E-state index in [9.17, 15) is 0 Å². The molecule has 2 heterocycles. The fourth-order valence-electron chi connectivity index (χ4n) is 9.99. The number of aromatic nitrogens is 3. The van der Waals surface area contributed by atoms with Gasteiger partial charge in [-0.2, -0.15) is 0 Å². The maximum absolute atomic E-state index is 5.53. The predicted molar refractivity (Wildman–Crippen MR) is 243 cm³/mol. The summed E-state index contributed by atoms with van der Waals surface area (Å²) in [4.78, 5) is 10.9. The largest absolute Gasteiger partial charge is 0.277 e. The molecule has 0 fully saturated rings. The predicted octanol–water partition coefficient (Wildman–Crippen LogP) is 14.3. The fourth-order valence-corrected chi connectivity index (χ4v) is 9.99. The zero-order valence-electron chi connectivity index (χ0n) is 32.2. The molecule has 0 spiro atoms. The lowest BCUT2D eigenvalue weighted by atomic mass is 9.82. The number of hydrogen-bond donors (Lipinski definition) is 0. The SMILES string of the molecule is CC1(C)c2ccccc2-c2c(-c3cccc(-c4cccc5c6c7ccccc7c7ccccc7c6n(-c6nc(-c7ccccc7)c7ccccc7n6)c45)c3)cccc21. The van der Waals surface area contributed by atoms with Crippen molar-refractivity contribution in [2.24, 2.45) is 0 Å². The van der Waals surface area contributed by atoms with E-state index in [-0.39, 0.29) is 5.41 Å². The van der Waals surface area contributed by atoms with Gasteiger partial charge in [0.05, 0.1) is 22.2 Å². The molecule has 11 aromatic rings. The second-order valence-electron chi connectivity index (χ2n) is 16.1. The number of nitrogens with zero attached hydrogens (tertiary/aromatic N) is 3. The van der Waals surface area contributed by atoms with Crippen molar-refractivity contribution in [1.29, 1.82) is 0 Å². The molecule has 0 amide bonds. The van der Waals surface area contributed by atoms with Gasteiger partial charge in [-0.1, -0.05) is 190 Å². The van der Waals surface area contributed by atoms with Gasteiger partial charge in [-0.3, -0.25) is 4.57 Å². The molecule has 12 rings (SSSR count). The van der Waals surface area contributed by atoms with E-state index in [0.717, 1.165) is 44.3 Å². The zero-order valence-corrected chi connectivity index (χ0v) is 32.2. The van der Waals surface area contributed by atoms with Crippen LogP contribution >= 0.6 is 0 Å². The molecule has 0 N–H and O–H groups in total. The second-order valence-corrected chi connectivity index (χ2v) is 16.1. The van der Waals surface area contributed by atoms with E-state index < -0.39 is 0 Å². The molecule has 0 bridgehead atoms. The van der Waals surface area contributed by atoms with Crippen LogP contribution in [0.3, 0.4) is 0 Å². The van der Waals surface area contributed by atoms with E-state index >= 15 is 0 Å². The molecule has 9 aromatic carbocycles. The topological polar surface area (TPSA) is 30.7 Å². The Hall–Kier alpha value is -7.36.